The molecule has 0 heterocycles. The summed E-state index contributed by atoms with van der Waals surface area (Å²) in [5, 5.41) is 1.92. The molecule has 0 saturated heterocycles. The molecule has 2 aromatic carbocycles. The van der Waals surface area contributed by atoms with Gasteiger partial charge in [-0.1, -0.05) is 0 Å². The number of carbonyl (C=O) groups is 1. The van der Waals surface area contributed by atoms with Crippen LogP contribution in [0.25, 0.3) is 0 Å². The van der Waals surface area contributed by atoms with E-state index in [1.165, 1.54) is 6.92 Å². The van der Waals surface area contributed by atoms with Crippen molar-refractivity contribution in [2.24, 2.45) is 0 Å². The van der Waals surface area contributed by atoms with Gasteiger partial charge in [0.05, 0.1) is 17.1 Å². The van der Waals surface area contributed by atoms with Crippen molar-refractivity contribution < 1.29 is 30.8 Å². The number of amides is 1. The van der Waals surface area contributed by atoms with Crippen molar-refractivity contribution in [3.8, 4) is 0 Å². The summed E-state index contributed by atoms with van der Waals surface area (Å²) in [6.45, 7) is 0.575. The molecular weight excluding hydrogens is 364 g/mol. The third-order valence-corrected chi connectivity index (χ3v) is 4.72. The summed E-state index contributed by atoms with van der Waals surface area (Å²) in [4.78, 5) is 11.5. The Labute approximate surface area is 140 Å². The average Bonchev–Trinajstić information content (AvgIpc) is 2.53. The number of sulfonamides is 1. The Morgan fingerprint density at radius 3 is 2.36 bits per heavy atom. The van der Waals surface area contributed by atoms with Gasteiger partial charge in [-0.2, -0.15) is 0 Å². The van der Waals surface area contributed by atoms with Gasteiger partial charge in [0.25, 0.3) is 0 Å². The number of carbonyl (C=O) groups excluding carboxylic acids is 1. The molecule has 1 amide bonds. The van der Waals surface area contributed by atoms with Gasteiger partial charge < -0.3 is 5.32 Å². The molecular formula is C15H12F4N2O3S. The Bertz CT molecular complexity index is 933. The Morgan fingerprint density at radius 2 is 1.72 bits per heavy atom. The zero-order valence-corrected chi connectivity index (χ0v) is 13.6. The van der Waals surface area contributed by atoms with Crippen molar-refractivity contribution in [3.05, 3.63) is 59.2 Å². The van der Waals surface area contributed by atoms with Crippen molar-refractivity contribution in [2.45, 2.75) is 11.8 Å². The van der Waals surface area contributed by atoms with E-state index in [1.54, 1.807) is 0 Å². The van der Waals surface area contributed by atoms with Crippen LogP contribution in [0.2, 0.25) is 0 Å². The summed E-state index contributed by atoms with van der Waals surface area (Å²) in [6, 6.07) is 4.38. The molecule has 0 aliphatic heterocycles. The third-order valence-electron chi connectivity index (χ3n) is 3.16. The fraction of sp³-hybridized carbons (Fsp3) is 0.133. The summed E-state index contributed by atoms with van der Waals surface area (Å²) in [5.74, 6) is -6.43. The van der Waals surface area contributed by atoms with Crippen molar-refractivity contribution in [2.75, 3.05) is 11.9 Å². The number of hydrogen-bond donors (Lipinski definition) is 2. The minimum Gasteiger partial charge on any atom is -0.322 e. The lowest BCUT2D eigenvalue weighted by molar-refractivity contribution is -0.115. The zero-order chi connectivity index (χ0) is 18.8. The van der Waals surface area contributed by atoms with Crippen molar-refractivity contribution in [1.29, 1.82) is 0 Å². The number of rotatable bonds is 5. The molecule has 2 N–H and O–H groups in total. The third kappa shape index (κ3) is 4.34. The van der Waals surface area contributed by atoms with E-state index in [0.29, 0.717) is 6.07 Å². The van der Waals surface area contributed by atoms with Crippen LogP contribution < -0.4 is 10.0 Å². The highest BCUT2D eigenvalue weighted by Crippen LogP contribution is 2.19. The van der Waals surface area contributed by atoms with Gasteiger partial charge in [-0.3, -0.25) is 4.79 Å². The molecule has 0 atom stereocenters. The quantitative estimate of drug-likeness (QED) is 0.622. The van der Waals surface area contributed by atoms with Crippen LogP contribution in [-0.4, -0.2) is 20.9 Å². The topological polar surface area (TPSA) is 75.3 Å². The molecule has 5 nitrogen and oxygen atoms in total. The predicted octanol–water partition coefficient (Wildman–Crippen LogP) is 2.47. The van der Waals surface area contributed by atoms with Gasteiger partial charge in [-0.05, 0) is 42.8 Å². The Hall–Kier alpha value is -2.46. The predicted molar refractivity (Wildman–Crippen MR) is 81.3 cm³/mol. The van der Waals surface area contributed by atoms with Crippen molar-refractivity contribution in [1.82, 2.24) is 4.72 Å². The SMILES string of the molecule is Cc1cc(F)ccc1S(=O)(=O)NCC(=O)Nc1ccc(F)c(F)c1F. The van der Waals surface area contributed by atoms with Crippen LogP contribution >= 0.6 is 0 Å². The lowest BCUT2D eigenvalue weighted by atomic mass is 10.2. The monoisotopic (exact) mass is 376 g/mol. The molecule has 0 radical (unpaired) electrons. The van der Waals surface area contributed by atoms with Crippen LogP contribution in [0, 0.1) is 30.2 Å². The molecule has 2 rings (SSSR count). The second-order valence-corrected chi connectivity index (χ2v) is 6.74. The molecule has 10 heteroatoms. The van der Waals surface area contributed by atoms with Crippen LogP contribution in [0.3, 0.4) is 0 Å². The van der Waals surface area contributed by atoms with Gasteiger partial charge in [0, 0.05) is 0 Å². The molecule has 134 valence electrons. The number of aryl methyl sites for hydroxylation is 1. The maximum Gasteiger partial charge on any atom is 0.241 e. The van der Waals surface area contributed by atoms with E-state index in [9.17, 15) is 30.8 Å². The minimum absolute atomic E-state index is 0.125. The molecule has 0 saturated carbocycles. The lowest BCUT2D eigenvalue weighted by Gasteiger charge is -2.10. The standard InChI is InChI=1S/C15H12F4N2O3S/c1-8-6-9(16)2-5-12(8)25(23,24)20-7-13(22)21-11-4-3-10(17)14(18)15(11)19/h2-6,20H,7H2,1H3,(H,21,22). The summed E-state index contributed by atoms with van der Waals surface area (Å²) >= 11 is 0. The van der Waals surface area contributed by atoms with Crippen LogP contribution in [0.15, 0.2) is 35.2 Å². The zero-order valence-electron chi connectivity index (χ0n) is 12.7. The highest BCUT2D eigenvalue weighted by atomic mass is 32.2. The first-order valence-electron chi connectivity index (χ1n) is 6.81. The van der Waals surface area contributed by atoms with Gasteiger partial charge in [0.1, 0.15) is 5.82 Å². The summed E-state index contributed by atoms with van der Waals surface area (Å²) in [7, 11) is -4.13. The smallest absolute Gasteiger partial charge is 0.241 e. The Morgan fingerprint density at radius 1 is 1.04 bits per heavy atom. The number of halogens is 4. The highest BCUT2D eigenvalue weighted by Gasteiger charge is 2.20. The maximum absolute atomic E-state index is 13.4. The second-order valence-electron chi connectivity index (χ2n) is 5.01. The van der Waals surface area contributed by atoms with E-state index in [1.807, 2.05) is 10.0 Å². The van der Waals surface area contributed by atoms with E-state index >= 15 is 0 Å². The second kappa shape index (κ2) is 7.19. The largest absolute Gasteiger partial charge is 0.322 e. The molecule has 0 unspecified atom stereocenters. The molecule has 2 aromatic rings. The first-order chi connectivity index (χ1) is 11.6. The Kier molecular flexibility index (Phi) is 5.43. The Balaban J connectivity index is 2.08. The van der Waals surface area contributed by atoms with Gasteiger partial charge in [0.2, 0.25) is 15.9 Å². The van der Waals surface area contributed by atoms with E-state index in [4.69, 9.17) is 0 Å². The molecule has 0 fully saturated rings. The van der Waals surface area contributed by atoms with Crippen molar-refractivity contribution in [3.63, 3.8) is 0 Å². The summed E-state index contributed by atoms with van der Waals surface area (Å²) in [5.41, 5.74) is -0.513. The van der Waals surface area contributed by atoms with Gasteiger partial charge in [-0.25, -0.2) is 30.7 Å². The molecule has 0 spiro atoms. The fourth-order valence-electron chi connectivity index (χ4n) is 1.97. The number of anilines is 1. The molecule has 0 aliphatic carbocycles. The molecule has 0 aromatic heterocycles. The van der Waals surface area contributed by atoms with Gasteiger partial charge in [-0.15, -0.1) is 0 Å². The summed E-state index contributed by atoms with van der Waals surface area (Å²) < 4.78 is 78.5. The first-order valence-corrected chi connectivity index (χ1v) is 8.29. The van der Waals surface area contributed by atoms with E-state index < -0.39 is 51.4 Å². The molecule has 0 bridgehead atoms. The highest BCUT2D eigenvalue weighted by molar-refractivity contribution is 7.89. The molecule has 25 heavy (non-hydrogen) atoms. The van der Waals surface area contributed by atoms with Crippen LogP contribution in [-0.2, 0) is 14.8 Å². The van der Waals surface area contributed by atoms with E-state index in [-0.39, 0.29) is 10.5 Å². The molecule has 0 aliphatic rings. The number of benzene rings is 2. The van der Waals surface area contributed by atoms with E-state index in [2.05, 4.69) is 0 Å². The van der Waals surface area contributed by atoms with E-state index in [0.717, 1.165) is 24.3 Å². The lowest BCUT2D eigenvalue weighted by Crippen LogP contribution is -2.33. The number of hydrogen-bond acceptors (Lipinski definition) is 3. The summed E-state index contributed by atoms with van der Waals surface area (Å²) in [6.07, 6.45) is 0. The minimum atomic E-state index is -4.13. The fourth-order valence-corrected chi connectivity index (χ4v) is 3.18. The van der Waals surface area contributed by atoms with Crippen LogP contribution in [0.5, 0.6) is 0 Å². The van der Waals surface area contributed by atoms with Crippen molar-refractivity contribution >= 4 is 21.6 Å². The average molecular weight is 376 g/mol. The first kappa shape index (κ1) is 18.9. The maximum atomic E-state index is 13.4. The van der Waals surface area contributed by atoms with Gasteiger partial charge >= 0.3 is 0 Å². The number of nitrogens with one attached hydrogen (secondary N) is 2. The van der Waals surface area contributed by atoms with Crippen LogP contribution in [0.1, 0.15) is 5.56 Å². The van der Waals surface area contributed by atoms with Crippen LogP contribution in [0.4, 0.5) is 23.2 Å². The van der Waals surface area contributed by atoms with Gasteiger partial charge in [0.15, 0.2) is 17.5 Å². The normalized spacial score (nSPS) is 11.4.